The van der Waals surface area contributed by atoms with Gasteiger partial charge in [-0.25, -0.2) is 9.78 Å². The van der Waals surface area contributed by atoms with Gasteiger partial charge in [-0.2, -0.15) is 0 Å². The molecule has 0 aliphatic rings. The van der Waals surface area contributed by atoms with Crippen LogP contribution in [0.4, 0.5) is 0 Å². The molecule has 1 heterocycles. The number of carbonyl (C=O) groups excluding carboxylic acids is 1. The summed E-state index contributed by atoms with van der Waals surface area (Å²) in [4.78, 5) is 16.1. The van der Waals surface area contributed by atoms with Gasteiger partial charge < -0.3 is 9.47 Å². The average molecular weight is 257 g/mol. The number of esters is 1. The van der Waals surface area contributed by atoms with Gasteiger partial charge in [0.1, 0.15) is 16.0 Å². The van der Waals surface area contributed by atoms with Crippen LogP contribution in [0.15, 0.2) is 6.20 Å². The van der Waals surface area contributed by atoms with Gasteiger partial charge >= 0.3 is 5.97 Å². The fourth-order valence-electron chi connectivity index (χ4n) is 1.46. The fourth-order valence-corrected chi connectivity index (χ4v) is 2.59. The highest BCUT2D eigenvalue weighted by molar-refractivity contribution is 7.13. The van der Waals surface area contributed by atoms with Crippen molar-refractivity contribution in [3.63, 3.8) is 0 Å². The maximum Gasteiger partial charge on any atom is 0.349 e. The number of carbonyl (C=O) groups is 1. The highest BCUT2D eigenvalue weighted by Gasteiger charge is 2.30. The van der Waals surface area contributed by atoms with Gasteiger partial charge in [0.2, 0.25) is 0 Å². The standard InChI is InChI=1S/C12H19NO3S/c1-6-16-9(12(2,3)4)10-13-7-8(17-10)11(14)15-5/h7,9H,6H2,1-5H3. The van der Waals surface area contributed by atoms with Crippen LogP contribution in [-0.4, -0.2) is 24.7 Å². The van der Waals surface area contributed by atoms with Crippen molar-refractivity contribution in [1.29, 1.82) is 0 Å². The Kier molecular flexibility index (Phi) is 4.65. The first-order valence-electron chi connectivity index (χ1n) is 5.55. The van der Waals surface area contributed by atoms with E-state index in [1.807, 2.05) is 6.92 Å². The number of nitrogens with zero attached hydrogens (tertiary/aromatic N) is 1. The molecule has 0 N–H and O–H groups in total. The summed E-state index contributed by atoms with van der Waals surface area (Å²) in [5, 5.41) is 0.819. The lowest BCUT2D eigenvalue weighted by Crippen LogP contribution is -2.21. The van der Waals surface area contributed by atoms with E-state index in [1.54, 1.807) is 6.20 Å². The minimum Gasteiger partial charge on any atom is -0.465 e. The molecule has 96 valence electrons. The molecular formula is C12H19NO3S. The molecule has 1 atom stereocenters. The van der Waals surface area contributed by atoms with Crippen molar-refractivity contribution >= 4 is 17.3 Å². The number of rotatable bonds is 4. The zero-order valence-electron chi connectivity index (χ0n) is 10.9. The average Bonchev–Trinajstić information content (AvgIpc) is 2.72. The first-order valence-corrected chi connectivity index (χ1v) is 6.37. The first-order chi connectivity index (χ1) is 7.90. The van der Waals surface area contributed by atoms with Gasteiger partial charge in [0, 0.05) is 6.61 Å². The predicted molar refractivity (Wildman–Crippen MR) is 67.3 cm³/mol. The van der Waals surface area contributed by atoms with Gasteiger partial charge in [-0.05, 0) is 12.3 Å². The summed E-state index contributed by atoms with van der Waals surface area (Å²) in [6.07, 6.45) is 1.44. The Morgan fingerprint density at radius 3 is 2.65 bits per heavy atom. The van der Waals surface area contributed by atoms with Gasteiger partial charge in [-0.15, -0.1) is 11.3 Å². The number of thiazole rings is 1. The normalized spacial score (nSPS) is 13.5. The van der Waals surface area contributed by atoms with Crippen molar-refractivity contribution in [3.05, 3.63) is 16.1 Å². The molecule has 0 saturated heterocycles. The zero-order chi connectivity index (χ0) is 13.1. The summed E-state index contributed by atoms with van der Waals surface area (Å²) in [7, 11) is 1.37. The second kappa shape index (κ2) is 5.60. The summed E-state index contributed by atoms with van der Waals surface area (Å²) in [6, 6.07) is 0. The van der Waals surface area contributed by atoms with Gasteiger partial charge in [0.05, 0.1) is 13.3 Å². The van der Waals surface area contributed by atoms with Crippen LogP contribution in [0.3, 0.4) is 0 Å². The van der Waals surface area contributed by atoms with Crippen LogP contribution < -0.4 is 0 Å². The molecule has 0 radical (unpaired) electrons. The number of hydrogen-bond donors (Lipinski definition) is 0. The lowest BCUT2D eigenvalue weighted by Gasteiger charge is -2.28. The third kappa shape index (κ3) is 3.51. The molecule has 0 spiro atoms. The number of ether oxygens (including phenoxy) is 2. The maximum atomic E-state index is 11.4. The van der Waals surface area contributed by atoms with Gasteiger partial charge in [-0.1, -0.05) is 20.8 Å². The molecule has 0 bridgehead atoms. The van der Waals surface area contributed by atoms with Crippen LogP contribution in [0.5, 0.6) is 0 Å². The number of aromatic nitrogens is 1. The monoisotopic (exact) mass is 257 g/mol. The van der Waals surface area contributed by atoms with E-state index in [9.17, 15) is 4.79 Å². The van der Waals surface area contributed by atoms with Crippen molar-refractivity contribution in [2.24, 2.45) is 5.41 Å². The van der Waals surface area contributed by atoms with Crippen LogP contribution in [-0.2, 0) is 9.47 Å². The van der Waals surface area contributed by atoms with E-state index in [0.717, 1.165) is 5.01 Å². The van der Waals surface area contributed by atoms with Crippen molar-refractivity contribution in [2.45, 2.75) is 33.8 Å². The molecular weight excluding hydrogens is 238 g/mol. The van der Waals surface area contributed by atoms with E-state index in [1.165, 1.54) is 18.4 Å². The van der Waals surface area contributed by atoms with Gasteiger partial charge in [0.25, 0.3) is 0 Å². The Morgan fingerprint density at radius 2 is 2.18 bits per heavy atom. The largest absolute Gasteiger partial charge is 0.465 e. The molecule has 0 aromatic carbocycles. The second-order valence-electron chi connectivity index (χ2n) is 4.76. The summed E-state index contributed by atoms with van der Waals surface area (Å²) in [5.41, 5.74) is -0.0543. The number of methoxy groups -OCH3 is 1. The molecule has 0 fully saturated rings. The van der Waals surface area contributed by atoms with E-state index in [4.69, 9.17) is 4.74 Å². The van der Waals surface area contributed by atoms with E-state index in [2.05, 4.69) is 30.5 Å². The third-order valence-corrected chi connectivity index (χ3v) is 3.27. The van der Waals surface area contributed by atoms with E-state index in [-0.39, 0.29) is 17.5 Å². The van der Waals surface area contributed by atoms with Gasteiger partial charge in [-0.3, -0.25) is 0 Å². The lowest BCUT2D eigenvalue weighted by atomic mass is 9.89. The van der Waals surface area contributed by atoms with Crippen molar-refractivity contribution in [2.75, 3.05) is 13.7 Å². The van der Waals surface area contributed by atoms with E-state index in [0.29, 0.717) is 11.5 Å². The molecule has 1 rings (SSSR count). The molecule has 0 aliphatic carbocycles. The van der Waals surface area contributed by atoms with Gasteiger partial charge in [0.15, 0.2) is 0 Å². The van der Waals surface area contributed by atoms with E-state index >= 15 is 0 Å². The number of hydrogen-bond acceptors (Lipinski definition) is 5. The Balaban J connectivity index is 2.96. The van der Waals surface area contributed by atoms with E-state index < -0.39 is 0 Å². The fraction of sp³-hybridized carbons (Fsp3) is 0.667. The quantitative estimate of drug-likeness (QED) is 0.778. The summed E-state index contributed by atoms with van der Waals surface area (Å²) < 4.78 is 10.4. The lowest BCUT2D eigenvalue weighted by molar-refractivity contribution is -0.0133. The molecule has 17 heavy (non-hydrogen) atoms. The Labute approximate surface area is 106 Å². The maximum absolute atomic E-state index is 11.4. The summed E-state index contributed by atoms with van der Waals surface area (Å²) in [5.74, 6) is -0.349. The minimum atomic E-state index is -0.349. The second-order valence-corrected chi connectivity index (χ2v) is 5.82. The topological polar surface area (TPSA) is 48.4 Å². The van der Waals surface area contributed by atoms with Crippen LogP contribution in [0.1, 0.15) is 48.5 Å². The predicted octanol–water partition coefficient (Wildman–Crippen LogP) is 3.05. The van der Waals surface area contributed by atoms with Crippen molar-refractivity contribution in [1.82, 2.24) is 4.98 Å². The Morgan fingerprint density at radius 1 is 1.53 bits per heavy atom. The van der Waals surface area contributed by atoms with Crippen LogP contribution in [0, 0.1) is 5.41 Å². The molecule has 0 aliphatic heterocycles. The molecule has 1 aromatic rings. The molecule has 5 heteroatoms. The Bertz CT molecular complexity index is 381. The Hall–Kier alpha value is -0.940. The SMILES string of the molecule is CCOC(c1ncc(C(=O)OC)s1)C(C)(C)C. The van der Waals surface area contributed by atoms with Crippen LogP contribution in [0.2, 0.25) is 0 Å². The molecule has 0 saturated carbocycles. The molecule has 4 nitrogen and oxygen atoms in total. The third-order valence-electron chi connectivity index (χ3n) is 2.25. The molecule has 1 unspecified atom stereocenters. The zero-order valence-corrected chi connectivity index (χ0v) is 11.8. The molecule has 0 amide bonds. The summed E-state index contributed by atoms with van der Waals surface area (Å²) >= 11 is 1.33. The highest BCUT2D eigenvalue weighted by atomic mass is 32.1. The first kappa shape index (κ1) is 14.1. The summed E-state index contributed by atoms with van der Waals surface area (Å²) in [6.45, 7) is 8.84. The van der Waals surface area contributed by atoms with Crippen LogP contribution >= 0.6 is 11.3 Å². The molecule has 1 aromatic heterocycles. The van der Waals surface area contributed by atoms with Crippen LogP contribution in [0.25, 0.3) is 0 Å². The van der Waals surface area contributed by atoms with Crippen molar-refractivity contribution < 1.29 is 14.3 Å². The highest BCUT2D eigenvalue weighted by Crippen LogP contribution is 2.37. The van der Waals surface area contributed by atoms with Crippen molar-refractivity contribution in [3.8, 4) is 0 Å². The smallest absolute Gasteiger partial charge is 0.349 e. The minimum absolute atomic E-state index is 0.0543.